The van der Waals surface area contributed by atoms with Gasteiger partial charge in [0, 0.05) is 12.7 Å². The second-order valence-electron chi connectivity index (χ2n) is 3.18. The summed E-state index contributed by atoms with van der Waals surface area (Å²) in [5.74, 6) is -1.32. The van der Waals surface area contributed by atoms with E-state index >= 15 is 0 Å². The van der Waals surface area contributed by atoms with Gasteiger partial charge in [0.1, 0.15) is 10.7 Å². The third-order valence-corrected chi connectivity index (χ3v) is 2.07. The van der Waals surface area contributed by atoms with Crippen molar-refractivity contribution >= 4 is 5.91 Å². The minimum atomic E-state index is -2.43. The van der Waals surface area contributed by atoms with Crippen molar-refractivity contribution in [1.29, 1.82) is 0 Å². The average molecular weight is 250 g/mol. The van der Waals surface area contributed by atoms with Gasteiger partial charge in [-0.15, -0.1) is 6.42 Å². The Morgan fingerprint density at radius 1 is 1.61 bits per heavy atom. The molecular formula is C11H10N2O5. The topological polar surface area (TPSA) is 105 Å². The maximum Gasteiger partial charge on any atom is 0.552 e. The molecule has 1 aromatic rings. The Morgan fingerprint density at radius 3 is 2.72 bits per heavy atom. The number of nitro groups is 1. The fourth-order valence-corrected chi connectivity index (χ4v) is 1.17. The third-order valence-electron chi connectivity index (χ3n) is 2.07. The largest absolute Gasteiger partial charge is 0.552 e. The van der Waals surface area contributed by atoms with Crippen LogP contribution in [0.15, 0.2) is 24.3 Å². The molecular weight excluding hydrogens is 240 g/mol. The van der Waals surface area contributed by atoms with Crippen molar-refractivity contribution in [3.05, 3.63) is 39.9 Å². The number of methoxy groups -OCH3 is 1. The molecule has 0 saturated heterocycles. The summed E-state index contributed by atoms with van der Waals surface area (Å²) < 4.78 is 9.57. The Morgan fingerprint density at radius 2 is 2.28 bits per heavy atom. The minimum Gasteiger partial charge on any atom is -0.395 e. The van der Waals surface area contributed by atoms with Crippen molar-refractivity contribution in [3.8, 4) is 18.1 Å². The van der Waals surface area contributed by atoms with E-state index in [1.54, 1.807) is 5.92 Å². The minimum absolute atomic E-state index is 0.00259. The zero-order chi connectivity index (χ0) is 13.8. The summed E-state index contributed by atoms with van der Waals surface area (Å²) in [5, 5.41) is 10.8. The molecule has 1 aromatic carbocycles. The molecule has 0 aromatic heterocycles. The van der Waals surface area contributed by atoms with Crippen LogP contribution in [0.25, 0.3) is 0 Å². The van der Waals surface area contributed by atoms with Crippen LogP contribution in [0, 0.1) is 22.5 Å². The number of nitrogens with two attached hydrogens (primary N) is 1. The number of benzene rings is 1. The number of hydrogen-bond acceptors (Lipinski definition) is 5. The quantitative estimate of drug-likeness (QED) is 0.352. The second-order valence-corrected chi connectivity index (χ2v) is 3.18. The first-order chi connectivity index (χ1) is 8.45. The summed E-state index contributed by atoms with van der Waals surface area (Å²) in [6, 6.07) is 5.51. The molecule has 0 spiro atoms. The summed E-state index contributed by atoms with van der Waals surface area (Å²) >= 11 is 0. The van der Waals surface area contributed by atoms with Crippen LogP contribution in [-0.2, 0) is 4.74 Å². The van der Waals surface area contributed by atoms with Gasteiger partial charge in [-0.05, 0) is 18.2 Å². The van der Waals surface area contributed by atoms with Gasteiger partial charge < -0.3 is 10.5 Å². The van der Waals surface area contributed by atoms with Crippen molar-refractivity contribution in [1.82, 2.24) is 0 Å². The van der Waals surface area contributed by atoms with Crippen LogP contribution in [0.5, 0.6) is 5.75 Å². The fourth-order valence-electron chi connectivity index (χ4n) is 1.17. The van der Waals surface area contributed by atoms with Gasteiger partial charge in [0.15, 0.2) is 0 Å². The number of carbonyl (C=O) groups excluding carboxylic acids is 1. The van der Waals surface area contributed by atoms with Gasteiger partial charge in [-0.25, -0.2) is 0 Å². The van der Waals surface area contributed by atoms with E-state index in [9.17, 15) is 14.9 Å². The number of rotatable bonds is 5. The van der Waals surface area contributed by atoms with Gasteiger partial charge in [0.2, 0.25) is 5.91 Å². The summed E-state index contributed by atoms with van der Waals surface area (Å²) in [6.45, 7) is 0. The maximum absolute atomic E-state index is 11.0. The van der Waals surface area contributed by atoms with Gasteiger partial charge in [-0.1, -0.05) is 6.07 Å². The normalized spacial score (nSPS) is 13.1. The highest BCUT2D eigenvalue weighted by atomic mass is 16.8. The average Bonchev–Trinajstić information content (AvgIpc) is 2.36. The highest BCUT2D eigenvalue weighted by Crippen LogP contribution is 2.20. The Hall–Kier alpha value is -2.59. The highest BCUT2D eigenvalue weighted by molar-refractivity contribution is 5.93. The number of nitrogens with zero attached hydrogens (tertiary/aromatic N) is 1. The zero-order valence-electron chi connectivity index (χ0n) is 9.45. The van der Waals surface area contributed by atoms with Crippen LogP contribution >= 0.6 is 0 Å². The number of primary amides is 1. The molecule has 0 radical (unpaired) electrons. The standard InChI is InChI=1S/C11H10N2O5/c1-3-11(17-2,13(15)16)18-9-6-4-5-8(7-9)10(12)14/h1,4-7H,2H3,(H2,12,14). The van der Waals surface area contributed by atoms with Crippen LogP contribution in [0.1, 0.15) is 10.4 Å². The predicted octanol–water partition coefficient (Wildman–Crippen LogP) is 0.374. The zero-order valence-corrected chi connectivity index (χ0v) is 9.45. The molecule has 18 heavy (non-hydrogen) atoms. The van der Waals surface area contributed by atoms with E-state index in [4.69, 9.17) is 16.9 Å². The van der Waals surface area contributed by atoms with Gasteiger partial charge in [0.05, 0.1) is 5.92 Å². The third kappa shape index (κ3) is 2.56. The predicted molar refractivity (Wildman–Crippen MR) is 61.2 cm³/mol. The first-order valence-corrected chi connectivity index (χ1v) is 4.71. The molecule has 0 heterocycles. The van der Waals surface area contributed by atoms with E-state index in [0.717, 1.165) is 7.11 Å². The Kier molecular flexibility index (Phi) is 3.86. The van der Waals surface area contributed by atoms with Crippen molar-refractivity contribution in [2.75, 3.05) is 7.11 Å². The van der Waals surface area contributed by atoms with E-state index in [1.807, 2.05) is 0 Å². The molecule has 0 aliphatic carbocycles. The molecule has 0 saturated carbocycles. The molecule has 0 aliphatic heterocycles. The molecule has 1 rings (SSSR count). The Balaban J connectivity index is 3.10. The molecule has 0 aliphatic rings. The van der Waals surface area contributed by atoms with Crippen LogP contribution < -0.4 is 10.5 Å². The molecule has 1 atom stereocenters. The first kappa shape index (κ1) is 13.5. The van der Waals surface area contributed by atoms with Gasteiger partial charge in [-0.2, -0.15) is 0 Å². The fraction of sp³-hybridized carbons (Fsp3) is 0.182. The van der Waals surface area contributed by atoms with Gasteiger partial charge in [0.25, 0.3) is 0 Å². The van der Waals surface area contributed by atoms with Crippen molar-refractivity contribution in [3.63, 3.8) is 0 Å². The number of hydrogen-bond donors (Lipinski definition) is 1. The van der Waals surface area contributed by atoms with Gasteiger partial charge >= 0.3 is 5.91 Å². The van der Waals surface area contributed by atoms with E-state index < -0.39 is 16.7 Å². The lowest BCUT2D eigenvalue weighted by Gasteiger charge is -2.18. The Labute approximate surface area is 103 Å². The lowest BCUT2D eigenvalue weighted by Crippen LogP contribution is -2.44. The van der Waals surface area contributed by atoms with E-state index in [2.05, 4.69) is 4.74 Å². The number of ether oxygens (including phenoxy) is 2. The summed E-state index contributed by atoms with van der Waals surface area (Å²) in [7, 11) is 1.04. The number of carbonyl (C=O) groups is 1. The molecule has 7 heteroatoms. The van der Waals surface area contributed by atoms with Crippen LogP contribution in [0.2, 0.25) is 0 Å². The van der Waals surface area contributed by atoms with E-state index in [0.29, 0.717) is 0 Å². The van der Waals surface area contributed by atoms with Crippen LogP contribution in [0.3, 0.4) is 0 Å². The lowest BCUT2D eigenvalue weighted by molar-refractivity contribution is -0.654. The highest BCUT2D eigenvalue weighted by Gasteiger charge is 2.45. The smallest absolute Gasteiger partial charge is 0.395 e. The summed E-state index contributed by atoms with van der Waals surface area (Å²) in [5.41, 5.74) is 5.21. The second kappa shape index (κ2) is 5.16. The van der Waals surface area contributed by atoms with Gasteiger partial charge in [-0.3, -0.25) is 19.6 Å². The Bertz CT molecular complexity index is 522. The molecule has 0 fully saturated rings. The van der Waals surface area contributed by atoms with E-state index in [1.165, 1.54) is 24.3 Å². The van der Waals surface area contributed by atoms with Crippen molar-refractivity contribution in [2.45, 2.75) is 5.91 Å². The molecule has 0 bridgehead atoms. The summed E-state index contributed by atoms with van der Waals surface area (Å²) in [6.07, 6.45) is 5.03. The van der Waals surface area contributed by atoms with Crippen molar-refractivity contribution < 1.29 is 19.2 Å². The monoisotopic (exact) mass is 250 g/mol. The first-order valence-electron chi connectivity index (χ1n) is 4.71. The van der Waals surface area contributed by atoms with E-state index in [-0.39, 0.29) is 11.3 Å². The molecule has 1 amide bonds. The van der Waals surface area contributed by atoms with Crippen molar-refractivity contribution in [2.24, 2.45) is 5.73 Å². The maximum atomic E-state index is 11.0. The molecule has 2 N–H and O–H groups in total. The summed E-state index contributed by atoms with van der Waals surface area (Å²) in [4.78, 5) is 20.9. The van der Waals surface area contributed by atoms with Crippen LogP contribution in [0.4, 0.5) is 0 Å². The number of amides is 1. The molecule has 94 valence electrons. The number of terminal acetylenes is 1. The van der Waals surface area contributed by atoms with Crippen LogP contribution in [-0.4, -0.2) is 23.9 Å². The lowest BCUT2D eigenvalue weighted by atomic mass is 10.2. The molecule has 7 nitrogen and oxygen atoms in total. The molecule has 1 unspecified atom stereocenters. The SMILES string of the molecule is C#CC(OC)(Oc1cccc(C(N)=O)c1)[N+](=O)[O-].